The highest BCUT2D eigenvalue weighted by Crippen LogP contribution is 2.29. The second kappa shape index (κ2) is 4.37. The van der Waals surface area contributed by atoms with Crippen molar-refractivity contribution in [3.05, 3.63) is 50.2 Å². The van der Waals surface area contributed by atoms with E-state index in [-0.39, 0.29) is 17.1 Å². The summed E-state index contributed by atoms with van der Waals surface area (Å²) in [4.78, 5) is 19.8. The Labute approximate surface area is 106 Å². The van der Waals surface area contributed by atoms with Crippen LogP contribution in [0, 0.1) is 27.2 Å². The monoisotopic (exact) mass is 263 g/mol. The number of nitro groups is 2. The first kappa shape index (κ1) is 12.5. The van der Waals surface area contributed by atoms with Gasteiger partial charge < -0.3 is 5.11 Å². The van der Waals surface area contributed by atoms with Gasteiger partial charge in [-0.25, -0.2) is 4.68 Å². The van der Waals surface area contributed by atoms with Gasteiger partial charge in [0.2, 0.25) is 0 Å². The summed E-state index contributed by atoms with van der Waals surface area (Å²) in [6.45, 7) is 1.35. The molecule has 0 radical (unpaired) electrons. The molecule has 0 aliphatic rings. The van der Waals surface area contributed by atoms with Crippen molar-refractivity contribution in [2.45, 2.75) is 6.92 Å². The summed E-state index contributed by atoms with van der Waals surface area (Å²) in [6.07, 6.45) is 0. The van der Waals surface area contributed by atoms with Crippen molar-refractivity contribution >= 4 is 11.4 Å². The lowest BCUT2D eigenvalue weighted by molar-refractivity contribution is -0.399. The van der Waals surface area contributed by atoms with E-state index < -0.39 is 21.4 Å². The fraction of sp³-hybridized carbons (Fsp3) is 0.100. The maximum Gasteiger partial charge on any atom is 0.303 e. The van der Waals surface area contributed by atoms with E-state index in [4.69, 9.17) is 0 Å². The van der Waals surface area contributed by atoms with Crippen molar-refractivity contribution in [3.8, 4) is 11.6 Å². The molecule has 1 heterocycles. The molecule has 2 aromatic rings. The first-order chi connectivity index (χ1) is 8.91. The molecule has 0 saturated heterocycles. The Morgan fingerprint density at radius 3 is 2.11 bits per heavy atom. The van der Waals surface area contributed by atoms with Gasteiger partial charge in [0.1, 0.15) is 5.69 Å². The van der Waals surface area contributed by atoms with E-state index in [1.54, 1.807) is 0 Å². The lowest BCUT2D eigenvalue weighted by atomic mass is 10.3. The van der Waals surface area contributed by atoms with Gasteiger partial charge in [0.25, 0.3) is 5.69 Å². The minimum Gasteiger partial charge on any atom is -0.854 e. The number of benzene rings is 1. The van der Waals surface area contributed by atoms with Crippen LogP contribution in [0.5, 0.6) is 5.88 Å². The van der Waals surface area contributed by atoms with Gasteiger partial charge in [0.05, 0.1) is 21.4 Å². The largest absolute Gasteiger partial charge is 0.854 e. The van der Waals surface area contributed by atoms with Crippen LogP contribution < -0.4 is 5.11 Å². The number of nitrogens with zero attached hydrogens (tertiary/aromatic N) is 4. The fourth-order valence-corrected chi connectivity index (χ4v) is 1.60. The summed E-state index contributed by atoms with van der Waals surface area (Å²) >= 11 is 0. The third-order valence-electron chi connectivity index (χ3n) is 2.48. The molecular weight excluding hydrogens is 256 g/mol. The average molecular weight is 263 g/mol. The lowest BCUT2D eigenvalue weighted by Crippen LogP contribution is -2.05. The number of hydrogen-bond donors (Lipinski definition) is 0. The van der Waals surface area contributed by atoms with E-state index in [0.29, 0.717) is 0 Å². The molecule has 0 atom stereocenters. The van der Waals surface area contributed by atoms with Crippen LogP contribution in [0.1, 0.15) is 5.69 Å². The zero-order chi connectivity index (χ0) is 14.2. The smallest absolute Gasteiger partial charge is 0.303 e. The van der Waals surface area contributed by atoms with Crippen LogP contribution in [0.3, 0.4) is 0 Å². The van der Waals surface area contributed by atoms with Crippen LogP contribution in [0.15, 0.2) is 24.3 Å². The quantitative estimate of drug-likeness (QED) is 0.601. The molecule has 0 bridgehead atoms. The summed E-state index contributed by atoms with van der Waals surface area (Å²) in [7, 11) is 0. The number of nitro benzene ring substituents is 1. The normalized spacial score (nSPS) is 10.4. The van der Waals surface area contributed by atoms with Gasteiger partial charge in [0, 0.05) is 12.1 Å². The first-order valence-electron chi connectivity index (χ1n) is 5.07. The minimum atomic E-state index is -0.864. The Bertz CT molecular complexity index is 661. The molecule has 0 saturated carbocycles. The van der Waals surface area contributed by atoms with Crippen molar-refractivity contribution in [3.63, 3.8) is 0 Å². The molecular formula is C10H7N4O5-. The van der Waals surface area contributed by atoms with Crippen LogP contribution in [-0.2, 0) is 0 Å². The Morgan fingerprint density at radius 2 is 1.68 bits per heavy atom. The molecule has 0 aliphatic carbocycles. The van der Waals surface area contributed by atoms with Gasteiger partial charge >= 0.3 is 5.69 Å². The topological polar surface area (TPSA) is 127 Å². The minimum absolute atomic E-state index is 0.00615. The summed E-state index contributed by atoms with van der Waals surface area (Å²) in [5, 5.41) is 36.7. The molecule has 0 fully saturated rings. The third-order valence-corrected chi connectivity index (χ3v) is 2.48. The highest BCUT2D eigenvalue weighted by molar-refractivity contribution is 5.50. The Balaban J connectivity index is 2.51. The predicted molar refractivity (Wildman–Crippen MR) is 61.1 cm³/mol. The molecule has 0 unspecified atom stereocenters. The average Bonchev–Trinajstić information content (AvgIpc) is 2.65. The molecule has 9 heteroatoms. The van der Waals surface area contributed by atoms with E-state index >= 15 is 0 Å². The van der Waals surface area contributed by atoms with Gasteiger partial charge in [-0.1, -0.05) is 0 Å². The first-order valence-corrected chi connectivity index (χ1v) is 5.07. The molecule has 0 spiro atoms. The lowest BCUT2D eigenvalue weighted by Gasteiger charge is -2.08. The Hall–Kier alpha value is -2.97. The number of non-ortho nitro benzene ring substituents is 1. The van der Waals surface area contributed by atoms with Crippen LogP contribution in [0.25, 0.3) is 5.69 Å². The van der Waals surface area contributed by atoms with Crippen molar-refractivity contribution in [1.82, 2.24) is 9.78 Å². The second-order valence-electron chi connectivity index (χ2n) is 3.68. The van der Waals surface area contributed by atoms with E-state index in [0.717, 1.165) is 4.68 Å². The maximum atomic E-state index is 11.8. The van der Waals surface area contributed by atoms with Crippen LogP contribution >= 0.6 is 0 Å². The summed E-state index contributed by atoms with van der Waals surface area (Å²) < 4.78 is 0.844. The van der Waals surface area contributed by atoms with Crippen molar-refractivity contribution in [2.75, 3.05) is 0 Å². The summed E-state index contributed by atoms with van der Waals surface area (Å²) in [5.74, 6) is -0.864. The van der Waals surface area contributed by atoms with E-state index in [9.17, 15) is 25.3 Å². The van der Waals surface area contributed by atoms with Crippen molar-refractivity contribution < 1.29 is 15.0 Å². The maximum absolute atomic E-state index is 11.8. The van der Waals surface area contributed by atoms with Gasteiger partial charge in [-0.2, -0.15) is 5.10 Å². The van der Waals surface area contributed by atoms with Crippen molar-refractivity contribution in [1.29, 1.82) is 0 Å². The van der Waals surface area contributed by atoms with Gasteiger partial charge in [-0.15, -0.1) is 0 Å². The molecule has 1 aromatic carbocycles. The molecule has 19 heavy (non-hydrogen) atoms. The number of aromatic nitrogens is 2. The SMILES string of the molecule is Cc1nn(-c2ccc([N+](=O)[O-])cc2)c([O-])c1[N+](=O)[O-]. The highest BCUT2D eigenvalue weighted by atomic mass is 16.6. The van der Waals surface area contributed by atoms with E-state index in [1.165, 1.54) is 31.2 Å². The van der Waals surface area contributed by atoms with Crippen LogP contribution in [-0.4, -0.2) is 19.6 Å². The van der Waals surface area contributed by atoms with Crippen LogP contribution in [0.2, 0.25) is 0 Å². The highest BCUT2D eigenvalue weighted by Gasteiger charge is 2.19. The number of aryl methyl sites for hydroxylation is 1. The number of hydrogen-bond acceptors (Lipinski definition) is 6. The van der Waals surface area contributed by atoms with Crippen molar-refractivity contribution in [2.24, 2.45) is 0 Å². The molecule has 98 valence electrons. The molecule has 1 aromatic heterocycles. The number of rotatable bonds is 3. The van der Waals surface area contributed by atoms with Gasteiger partial charge in [-0.05, 0) is 19.1 Å². The Morgan fingerprint density at radius 1 is 1.11 bits per heavy atom. The van der Waals surface area contributed by atoms with Gasteiger partial charge in [0.15, 0.2) is 0 Å². The van der Waals surface area contributed by atoms with Gasteiger partial charge in [-0.3, -0.25) is 20.2 Å². The summed E-state index contributed by atoms with van der Waals surface area (Å²) in [5.41, 5.74) is -0.520. The van der Waals surface area contributed by atoms with E-state index in [2.05, 4.69) is 5.10 Å². The standard InChI is InChI=1S/C10H8N4O5/c1-6-9(14(18)19)10(15)12(11-6)7-2-4-8(5-3-7)13(16)17/h2-5,15H,1H3/p-1. The molecule has 0 N–H and O–H groups in total. The van der Waals surface area contributed by atoms with Crippen LogP contribution in [0.4, 0.5) is 11.4 Å². The zero-order valence-electron chi connectivity index (χ0n) is 9.64. The summed E-state index contributed by atoms with van der Waals surface area (Å²) in [6, 6.07) is 4.99. The molecule has 2 rings (SSSR count). The molecule has 9 nitrogen and oxygen atoms in total. The van der Waals surface area contributed by atoms with E-state index in [1.807, 2.05) is 0 Å². The second-order valence-corrected chi connectivity index (χ2v) is 3.68. The Kier molecular flexibility index (Phi) is 2.87. The molecule has 0 amide bonds. The predicted octanol–water partition coefficient (Wildman–Crippen LogP) is 1.07. The fourth-order valence-electron chi connectivity index (χ4n) is 1.60. The zero-order valence-corrected chi connectivity index (χ0v) is 9.64. The molecule has 0 aliphatic heterocycles. The third kappa shape index (κ3) is 2.08.